The fourth-order valence-electron chi connectivity index (χ4n) is 2.46. The normalized spacial score (nSPS) is 10.6. The summed E-state index contributed by atoms with van der Waals surface area (Å²) in [4.78, 5) is 24.2. The van der Waals surface area contributed by atoms with Crippen LogP contribution in [0.1, 0.15) is 10.4 Å². The van der Waals surface area contributed by atoms with Crippen LogP contribution in [0.4, 0.5) is 19.3 Å². The summed E-state index contributed by atoms with van der Waals surface area (Å²) in [5, 5.41) is 3.80. The van der Waals surface area contributed by atoms with Crippen molar-refractivity contribution in [3.63, 3.8) is 0 Å². The Kier molecular flexibility index (Phi) is 8.00. The van der Waals surface area contributed by atoms with E-state index < -0.39 is 29.1 Å². The highest BCUT2D eigenvalue weighted by molar-refractivity contribution is 9.11. The van der Waals surface area contributed by atoms with Crippen LogP contribution in [0.15, 0.2) is 51.4 Å². The summed E-state index contributed by atoms with van der Waals surface area (Å²) in [6, 6.07) is 8.11. The highest BCUT2D eigenvalue weighted by Crippen LogP contribution is 2.46. The average Bonchev–Trinajstić information content (AvgIpc) is 2.70. The van der Waals surface area contributed by atoms with Crippen LogP contribution >= 0.6 is 66.7 Å². The van der Waals surface area contributed by atoms with E-state index in [0.717, 1.165) is 22.7 Å². The second-order valence-electron chi connectivity index (χ2n) is 6.04. The number of hydrogen-bond donors (Lipinski definition) is 2. The van der Waals surface area contributed by atoms with E-state index in [0.29, 0.717) is 10.2 Å². The number of carbonyl (C=O) groups excluding carboxylic acids is 2. The molecular weight excluding hydrogens is 620 g/mol. The van der Waals surface area contributed by atoms with Crippen LogP contribution in [-0.4, -0.2) is 11.9 Å². The van der Waals surface area contributed by atoms with Crippen molar-refractivity contribution < 1.29 is 23.1 Å². The lowest BCUT2D eigenvalue weighted by Gasteiger charge is -2.15. The van der Waals surface area contributed by atoms with Gasteiger partial charge in [-0.05, 0) is 52.3 Å². The number of amides is 3. The minimum Gasteiger partial charge on any atom is -0.453 e. The van der Waals surface area contributed by atoms with E-state index in [9.17, 15) is 18.4 Å². The number of halogens is 7. The molecule has 0 radical (unpaired) electrons. The fraction of sp³-hybridized carbons (Fsp3) is 0. The quantitative estimate of drug-likeness (QED) is 0.286. The molecule has 2 N–H and O–H groups in total. The molecule has 12 heteroatoms. The van der Waals surface area contributed by atoms with Gasteiger partial charge in [0.05, 0.1) is 20.2 Å². The van der Waals surface area contributed by atoms with Gasteiger partial charge in [-0.1, -0.05) is 56.8 Å². The molecule has 3 rings (SSSR count). The molecule has 0 aromatic heterocycles. The Hall–Kier alpha value is -1.91. The summed E-state index contributed by atoms with van der Waals surface area (Å²) in [5.41, 5.74) is -0.975. The third-order valence-corrected chi connectivity index (χ3v) is 6.13. The molecule has 0 bridgehead atoms. The molecule has 166 valence electrons. The second-order valence-corrected chi connectivity index (χ2v) is 8.98. The van der Waals surface area contributed by atoms with Crippen LogP contribution < -0.4 is 15.4 Å². The standard InChI is InChI=1S/C20H9Br2Cl3F2N2O3/c21-8-4-5-14(9(22)6-8)32-18-10(23)7-13(16(24)17(18)25)28-20(31)29-19(30)15-11(26)2-1-3-12(15)27/h1-7H,(H2,28,29,30,31). The van der Waals surface area contributed by atoms with E-state index in [1.807, 2.05) is 0 Å². The van der Waals surface area contributed by atoms with Crippen LogP contribution in [0, 0.1) is 11.6 Å². The van der Waals surface area contributed by atoms with Crippen molar-refractivity contribution in [3.05, 3.63) is 83.7 Å². The molecule has 0 saturated carbocycles. The molecule has 32 heavy (non-hydrogen) atoms. The predicted molar refractivity (Wildman–Crippen MR) is 126 cm³/mol. The zero-order valence-corrected chi connectivity index (χ0v) is 20.9. The maximum absolute atomic E-state index is 13.7. The first-order valence-corrected chi connectivity index (χ1v) is 11.2. The van der Waals surface area contributed by atoms with Crippen molar-refractivity contribution >= 4 is 84.3 Å². The second kappa shape index (κ2) is 10.4. The van der Waals surface area contributed by atoms with E-state index >= 15 is 0 Å². The fourth-order valence-corrected chi connectivity index (χ4v) is 4.31. The third-order valence-electron chi connectivity index (χ3n) is 3.89. The molecule has 0 unspecified atom stereocenters. The number of imide groups is 1. The number of carbonyl (C=O) groups is 2. The number of benzene rings is 3. The molecule has 0 fully saturated rings. The highest BCUT2D eigenvalue weighted by Gasteiger charge is 2.22. The Morgan fingerprint density at radius 1 is 0.938 bits per heavy atom. The Labute approximate surface area is 212 Å². The first-order valence-electron chi connectivity index (χ1n) is 8.45. The van der Waals surface area contributed by atoms with Crippen molar-refractivity contribution in [1.29, 1.82) is 0 Å². The Bertz CT molecular complexity index is 1220. The largest absolute Gasteiger partial charge is 0.453 e. The van der Waals surface area contributed by atoms with Crippen LogP contribution in [-0.2, 0) is 0 Å². The molecule has 3 aromatic rings. The van der Waals surface area contributed by atoms with Gasteiger partial charge in [0.25, 0.3) is 5.91 Å². The lowest BCUT2D eigenvalue weighted by Crippen LogP contribution is -2.35. The van der Waals surface area contributed by atoms with Gasteiger partial charge < -0.3 is 10.1 Å². The summed E-state index contributed by atoms with van der Waals surface area (Å²) >= 11 is 25.4. The molecule has 3 amide bonds. The molecule has 0 aliphatic rings. The summed E-state index contributed by atoms with van der Waals surface area (Å²) in [7, 11) is 0. The van der Waals surface area contributed by atoms with Crippen molar-refractivity contribution in [2.75, 3.05) is 5.32 Å². The third kappa shape index (κ3) is 5.52. The van der Waals surface area contributed by atoms with Gasteiger partial charge in [0.2, 0.25) is 0 Å². The number of urea groups is 1. The number of rotatable bonds is 4. The molecule has 3 aromatic carbocycles. The molecule has 0 aliphatic carbocycles. The number of anilines is 1. The van der Waals surface area contributed by atoms with Gasteiger partial charge in [-0.2, -0.15) is 0 Å². The molecule has 0 saturated heterocycles. The van der Waals surface area contributed by atoms with Crippen molar-refractivity contribution in [1.82, 2.24) is 5.32 Å². The van der Waals surface area contributed by atoms with E-state index in [1.54, 1.807) is 23.5 Å². The SMILES string of the molecule is O=C(NC(=O)c1c(F)cccc1F)Nc1cc(Cl)c(Oc2ccc(Br)cc2Br)c(Cl)c1Cl. The zero-order chi connectivity index (χ0) is 23.6. The summed E-state index contributed by atoms with van der Waals surface area (Å²) in [5.74, 6) is -3.12. The highest BCUT2D eigenvalue weighted by atomic mass is 79.9. The van der Waals surface area contributed by atoms with E-state index in [2.05, 4.69) is 37.2 Å². The molecule has 0 spiro atoms. The van der Waals surface area contributed by atoms with Gasteiger partial charge in [-0.3, -0.25) is 10.1 Å². The first-order chi connectivity index (χ1) is 15.1. The minimum absolute atomic E-state index is 0.00371. The van der Waals surface area contributed by atoms with Gasteiger partial charge in [0, 0.05) is 4.47 Å². The molecule has 0 atom stereocenters. The van der Waals surface area contributed by atoms with Crippen LogP contribution in [0.5, 0.6) is 11.5 Å². The average molecular weight is 629 g/mol. The summed E-state index contributed by atoms with van der Waals surface area (Å²) < 4.78 is 34.6. The van der Waals surface area contributed by atoms with Crippen molar-refractivity contribution in [2.24, 2.45) is 0 Å². The molecule has 0 heterocycles. The maximum atomic E-state index is 13.7. The van der Waals surface area contributed by atoms with Crippen LogP contribution in [0.2, 0.25) is 15.1 Å². The topological polar surface area (TPSA) is 67.4 Å². The number of nitrogens with one attached hydrogen (secondary N) is 2. The monoisotopic (exact) mass is 626 g/mol. The summed E-state index contributed by atoms with van der Waals surface area (Å²) in [6.45, 7) is 0. The van der Waals surface area contributed by atoms with E-state index in [1.165, 1.54) is 6.07 Å². The maximum Gasteiger partial charge on any atom is 0.326 e. The number of hydrogen-bond acceptors (Lipinski definition) is 3. The van der Waals surface area contributed by atoms with Gasteiger partial charge >= 0.3 is 6.03 Å². The summed E-state index contributed by atoms with van der Waals surface area (Å²) in [6.07, 6.45) is 0. The van der Waals surface area contributed by atoms with Gasteiger partial charge in [-0.15, -0.1) is 0 Å². The van der Waals surface area contributed by atoms with Crippen molar-refractivity contribution in [3.8, 4) is 11.5 Å². The smallest absolute Gasteiger partial charge is 0.326 e. The van der Waals surface area contributed by atoms with E-state index in [4.69, 9.17) is 39.5 Å². The van der Waals surface area contributed by atoms with E-state index in [-0.39, 0.29) is 26.5 Å². The first kappa shape index (κ1) is 24.7. The van der Waals surface area contributed by atoms with Crippen LogP contribution in [0.3, 0.4) is 0 Å². The van der Waals surface area contributed by atoms with Crippen molar-refractivity contribution in [2.45, 2.75) is 0 Å². The van der Waals surface area contributed by atoms with Gasteiger partial charge in [-0.25, -0.2) is 13.6 Å². The molecule has 5 nitrogen and oxygen atoms in total. The predicted octanol–water partition coefficient (Wildman–Crippen LogP) is 8.20. The van der Waals surface area contributed by atoms with Crippen LogP contribution in [0.25, 0.3) is 0 Å². The van der Waals surface area contributed by atoms with Gasteiger partial charge in [0.1, 0.15) is 28.0 Å². The lowest BCUT2D eigenvalue weighted by molar-refractivity contribution is 0.0959. The Morgan fingerprint density at radius 3 is 2.22 bits per heavy atom. The number of ether oxygens (including phenoxy) is 1. The minimum atomic E-state index is -1.29. The molecular formula is C20H9Br2Cl3F2N2O3. The zero-order valence-electron chi connectivity index (χ0n) is 15.4. The Morgan fingerprint density at radius 2 is 1.59 bits per heavy atom. The van der Waals surface area contributed by atoms with Gasteiger partial charge in [0.15, 0.2) is 5.75 Å². The lowest BCUT2D eigenvalue weighted by atomic mass is 10.2. The Balaban J connectivity index is 1.80. The molecule has 0 aliphatic heterocycles.